The summed E-state index contributed by atoms with van der Waals surface area (Å²) < 4.78 is 0.660. The van der Waals surface area contributed by atoms with Gasteiger partial charge in [0.05, 0.1) is 39.6 Å². The molecule has 0 saturated carbocycles. The Morgan fingerprint density at radius 3 is 0.922 bits per heavy atom. The number of carbonyl (C=O) groups excluding carboxylic acids is 4. The Balaban J connectivity index is -0.000000223. The summed E-state index contributed by atoms with van der Waals surface area (Å²) >= 11 is 3.26. The summed E-state index contributed by atoms with van der Waals surface area (Å²) in [5.41, 5.74) is 3.90. The lowest BCUT2D eigenvalue weighted by Gasteiger charge is -2.24. The van der Waals surface area contributed by atoms with Crippen LogP contribution >= 0.6 is 15.9 Å². The predicted octanol–water partition coefficient (Wildman–Crippen LogP) is 6.42. The smallest absolute Gasteiger partial charge is 0.327 e. The first-order chi connectivity index (χ1) is 29.7. The Labute approximate surface area is 385 Å². The van der Waals surface area contributed by atoms with Gasteiger partial charge in [0.1, 0.15) is 18.9 Å². The molecule has 0 amide bonds. The van der Waals surface area contributed by atoms with E-state index in [4.69, 9.17) is 46.0 Å². The number of carbonyl (C=O) groups is 7. The Morgan fingerprint density at radius 1 is 0.531 bits per heavy atom. The molecule has 9 N–H and O–H groups in total. The molecule has 0 fully saturated rings. The van der Waals surface area contributed by atoms with Crippen molar-refractivity contribution >= 4 is 59.0 Å². The fourth-order valence-electron chi connectivity index (χ4n) is 4.29. The molecule has 0 spiro atoms. The molecule has 17 heteroatoms. The molecule has 0 aliphatic carbocycles. The topological polar surface area (TPSA) is 302 Å². The zero-order valence-electron chi connectivity index (χ0n) is 38.5. The summed E-state index contributed by atoms with van der Waals surface area (Å²) in [7, 11) is 0. The molecule has 2 aromatic carbocycles. The number of aliphatic carboxylic acids is 3. The minimum atomic E-state index is -0.981. The van der Waals surface area contributed by atoms with Gasteiger partial charge in [0.25, 0.3) is 0 Å². The van der Waals surface area contributed by atoms with Crippen LogP contribution in [0.5, 0.6) is 0 Å². The van der Waals surface area contributed by atoms with Crippen LogP contribution in [0.15, 0.2) is 66.7 Å². The van der Waals surface area contributed by atoms with E-state index in [1.54, 1.807) is 12.1 Å². The first-order valence-corrected chi connectivity index (χ1v) is 20.5. The number of carboxylic acid groups (broad SMARTS) is 3. The number of carboxylic acids is 3. The zero-order valence-corrected chi connectivity index (χ0v) is 40.1. The summed E-state index contributed by atoms with van der Waals surface area (Å²) in [6.07, 6.45) is 7.03. The van der Waals surface area contributed by atoms with Gasteiger partial charge in [-0.1, -0.05) is 98.0 Å². The van der Waals surface area contributed by atoms with Gasteiger partial charge in [0.15, 0.2) is 6.29 Å². The summed E-state index contributed by atoms with van der Waals surface area (Å²) in [4.78, 5) is 71.5. The fourth-order valence-corrected chi connectivity index (χ4v) is 4.74. The van der Waals surface area contributed by atoms with Crippen LogP contribution in [0.25, 0.3) is 0 Å². The van der Waals surface area contributed by atoms with Crippen molar-refractivity contribution in [1.29, 1.82) is 0 Å². The average Bonchev–Trinajstić information content (AvgIpc) is 3.28. The van der Waals surface area contributed by atoms with E-state index in [9.17, 15) is 33.6 Å². The molecule has 2 rings (SSSR count). The molecule has 64 heavy (non-hydrogen) atoms. The van der Waals surface area contributed by atoms with Crippen LogP contribution in [-0.2, 0) is 19.8 Å². The number of halogens is 1. The van der Waals surface area contributed by atoms with Crippen LogP contribution in [0, 0.1) is 10.8 Å². The predicted molar refractivity (Wildman–Crippen MR) is 250 cm³/mol. The number of hydrogen-bond acceptors (Lipinski definition) is 13. The van der Waals surface area contributed by atoms with Crippen molar-refractivity contribution < 1.29 is 79.5 Å². The number of aliphatic hydroxyl groups is 6. The van der Waals surface area contributed by atoms with Gasteiger partial charge < -0.3 is 46.0 Å². The van der Waals surface area contributed by atoms with Crippen molar-refractivity contribution in [1.82, 2.24) is 0 Å². The quantitative estimate of drug-likeness (QED) is 0.0610. The lowest BCUT2D eigenvalue weighted by Crippen LogP contribution is -2.32. The zero-order chi connectivity index (χ0) is 51.4. The standard InChI is InChI=1S/C14H18O2.C12H13BrO2.2C6H14O3.3C3H4O2/c1-9(2)13-5-12(8-16)14(10(3)4)6-11(13)7-15;1-12(2,3)10-4-9(7-15)11(13)5-8(10)6-14;2*1-2-6(3-7,4-8)5-9;3*1-2-3(4)5/h5-10H,1-4H3;4-7H,1-3H3;2*7-9H,2-5H2,1H3;3*2H,1H2,(H,4,5). The Hall–Kier alpha value is -5.01. The molecular weight excluding hydrogens is 900 g/mol. The number of rotatable bonds is 17. The van der Waals surface area contributed by atoms with Crippen LogP contribution in [0.3, 0.4) is 0 Å². The normalized spacial score (nSPS) is 10.2. The molecule has 0 atom stereocenters. The van der Waals surface area contributed by atoms with Crippen LogP contribution in [0.4, 0.5) is 0 Å². The van der Waals surface area contributed by atoms with Gasteiger partial charge in [-0.3, -0.25) is 19.2 Å². The lowest BCUT2D eigenvalue weighted by molar-refractivity contribution is -0.132. The third-order valence-electron chi connectivity index (χ3n) is 9.05. The van der Waals surface area contributed by atoms with Crippen LogP contribution in [0.1, 0.15) is 145 Å². The van der Waals surface area contributed by atoms with Gasteiger partial charge in [-0.15, -0.1) is 0 Å². The highest BCUT2D eigenvalue weighted by Crippen LogP contribution is 2.30. The Kier molecular flexibility index (Phi) is 39.7. The molecule has 0 aliphatic rings. The minimum Gasteiger partial charge on any atom is -0.478 e. The van der Waals surface area contributed by atoms with Crippen LogP contribution in [-0.4, -0.2) is 129 Å². The minimum absolute atomic E-state index is 0.144. The largest absolute Gasteiger partial charge is 0.478 e. The third-order valence-corrected chi connectivity index (χ3v) is 9.74. The number of aldehydes is 4. The van der Waals surface area contributed by atoms with Crippen molar-refractivity contribution in [2.75, 3.05) is 39.6 Å². The van der Waals surface area contributed by atoms with E-state index >= 15 is 0 Å². The van der Waals surface area contributed by atoms with Crippen molar-refractivity contribution in [2.45, 2.75) is 92.4 Å². The van der Waals surface area contributed by atoms with Crippen molar-refractivity contribution in [3.63, 3.8) is 0 Å². The average molecular weight is 972 g/mol. The van der Waals surface area contributed by atoms with Crippen molar-refractivity contribution in [3.05, 3.63) is 106 Å². The summed E-state index contributed by atoms with van der Waals surface area (Å²) in [6, 6.07) is 7.14. The highest BCUT2D eigenvalue weighted by Gasteiger charge is 2.26. The van der Waals surface area contributed by atoms with Gasteiger partial charge in [0, 0.05) is 55.8 Å². The Morgan fingerprint density at radius 2 is 0.781 bits per heavy atom. The molecule has 0 unspecified atom stereocenters. The second kappa shape index (κ2) is 37.4. The molecule has 362 valence electrons. The second-order valence-corrected chi connectivity index (χ2v) is 16.2. The maximum atomic E-state index is 11.0. The van der Waals surface area contributed by atoms with Crippen molar-refractivity contribution in [3.8, 4) is 0 Å². The first kappa shape index (κ1) is 68.1. The Bertz CT molecular complexity index is 1600. The van der Waals surface area contributed by atoms with E-state index in [0.29, 0.717) is 39.6 Å². The van der Waals surface area contributed by atoms with E-state index in [1.165, 1.54) is 0 Å². The summed E-state index contributed by atoms with van der Waals surface area (Å²) in [6.45, 7) is 25.7. The van der Waals surface area contributed by atoms with Gasteiger partial charge in [-0.25, -0.2) is 14.4 Å². The molecule has 0 heterocycles. The fraction of sp³-hybridized carbons (Fsp3) is 0.468. The van der Waals surface area contributed by atoms with Gasteiger partial charge in [-0.2, -0.15) is 0 Å². The molecular formula is C47H71BrO16. The SMILES string of the molecule is C=CC(=O)O.C=CC(=O)O.C=CC(=O)O.CC(C)(C)c1cc(C=O)c(Br)cc1C=O.CC(C)c1cc(C=O)c(C(C)C)cc1C=O.CCC(CO)(CO)CO.CCC(CO)(CO)CO. The van der Waals surface area contributed by atoms with Gasteiger partial charge in [-0.05, 0) is 71.0 Å². The first-order valence-electron chi connectivity index (χ1n) is 19.7. The maximum Gasteiger partial charge on any atom is 0.327 e. The molecule has 2 aromatic rings. The van der Waals surface area contributed by atoms with Gasteiger partial charge >= 0.3 is 17.9 Å². The molecule has 0 aromatic heterocycles. The van der Waals surface area contributed by atoms with Crippen LogP contribution < -0.4 is 0 Å². The van der Waals surface area contributed by atoms with E-state index in [0.717, 1.165) is 60.1 Å². The third kappa shape index (κ3) is 28.6. The number of hydrogen-bond donors (Lipinski definition) is 9. The molecule has 0 radical (unpaired) electrons. The van der Waals surface area contributed by atoms with E-state index in [-0.39, 0.29) is 56.9 Å². The van der Waals surface area contributed by atoms with Crippen LogP contribution in [0.2, 0.25) is 0 Å². The summed E-state index contributed by atoms with van der Waals surface area (Å²) in [5.74, 6) is -2.44. The molecule has 0 saturated heterocycles. The van der Waals surface area contributed by atoms with Crippen molar-refractivity contribution in [2.24, 2.45) is 10.8 Å². The number of benzene rings is 2. The van der Waals surface area contributed by atoms with E-state index < -0.39 is 28.7 Å². The monoisotopic (exact) mass is 970 g/mol. The number of aliphatic hydroxyl groups excluding tert-OH is 6. The highest BCUT2D eigenvalue weighted by atomic mass is 79.9. The summed E-state index contributed by atoms with van der Waals surface area (Å²) in [5, 5.41) is 74.8. The second-order valence-electron chi connectivity index (χ2n) is 15.4. The highest BCUT2D eigenvalue weighted by molar-refractivity contribution is 9.10. The lowest BCUT2D eigenvalue weighted by atomic mass is 9.83. The van der Waals surface area contributed by atoms with Gasteiger partial charge in [0.2, 0.25) is 0 Å². The maximum absolute atomic E-state index is 11.0. The van der Waals surface area contributed by atoms with E-state index in [2.05, 4.69) is 35.7 Å². The molecule has 0 aliphatic heterocycles. The van der Waals surface area contributed by atoms with E-state index in [1.807, 2.05) is 74.4 Å². The molecule has 16 nitrogen and oxygen atoms in total. The molecule has 0 bridgehead atoms.